The standard InChI is InChI=1S/C10H10Cl2O3/c1-4-5-6-8(13)7(11)9(12)10(6,14-2)15-3/h5-6H,1H2,2-3H3. The average Bonchev–Trinajstić information content (AvgIpc) is 2.43. The Kier molecular flexibility index (Phi) is 3.77. The Labute approximate surface area is 97.9 Å². The van der Waals surface area contributed by atoms with E-state index in [4.69, 9.17) is 32.7 Å². The summed E-state index contributed by atoms with van der Waals surface area (Å²) in [5.41, 5.74) is 2.50. The van der Waals surface area contributed by atoms with Crippen molar-refractivity contribution in [2.75, 3.05) is 14.2 Å². The zero-order valence-electron chi connectivity index (χ0n) is 8.34. The van der Waals surface area contributed by atoms with Crippen molar-refractivity contribution in [3.05, 3.63) is 28.5 Å². The molecule has 1 unspecified atom stereocenters. The number of allylic oxidation sites excluding steroid dienone is 1. The SMILES string of the molecule is C=C=CC1C(=O)C(Cl)=C(Cl)C1(OC)OC. The zero-order chi connectivity index (χ0) is 11.6. The minimum atomic E-state index is -1.35. The van der Waals surface area contributed by atoms with Gasteiger partial charge in [0.1, 0.15) is 16.0 Å². The molecule has 0 saturated carbocycles. The first-order chi connectivity index (χ1) is 7.05. The molecule has 1 aliphatic rings. The minimum absolute atomic E-state index is 0.0515. The van der Waals surface area contributed by atoms with E-state index in [1.54, 1.807) is 0 Å². The molecule has 0 aliphatic heterocycles. The summed E-state index contributed by atoms with van der Waals surface area (Å²) in [4.78, 5) is 11.7. The summed E-state index contributed by atoms with van der Waals surface area (Å²) in [6.45, 7) is 3.39. The third-order valence-corrected chi connectivity index (χ3v) is 3.22. The van der Waals surface area contributed by atoms with Crippen LogP contribution < -0.4 is 0 Å². The van der Waals surface area contributed by atoms with Crippen LogP contribution in [0.15, 0.2) is 28.5 Å². The maximum absolute atomic E-state index is 11.7. The van der Waals surface area contributed by atoms with Crippen molar-refractivity contribution in [1.29, 1.82) is 0 Å². The third kappa shape index (κ3) is 1.67. The van der Waals surface area contributed by atoms with Gasteiger partial charge in [0.05, 0.1) is 0 Å². The summed E-state index contributed by atoms with van der Waals surface area (Å²) in [5, 5.41) is -0.0208. The molecular weight excluding hydrogens is 239 g/mol. The number of carbonyl (C=O) groups is 1. The van der Waals surface area contributed by atoms with Gasteiger partial charge in [0.2, 0.25) is 5.79 Å². The molecule has 5 heteroatoms. The number of hydrogen-bond donors (Lipinski definition) is 0. The predicted octanol–water partition coefficient (Wildman–Crippen LogP) is 2.20. The molecule has 0 radical (unpaired) electrons. The summed E-state index contributed by atoms with van der Waals surface area (Å²) in [6.07, 6.45) is 1.42. The lowest BCUT2D eigenvalue weighted by atomic mass is 10.0. The number of ketones is 1. The van der Waals surface area contributed by atoms with Crippen LogP contribution in [0.3, 0.4) is 0 Å². The molecule has 0 fully saturated rings. The van der Waals surface area contributed by atoms with E-state index in [-0.39, 0.29) is 15.8 Å². The van der Waals surface area contributed by atoms with Crippen LogP contribution in [0.5, 0.6) is 0 Å². The van der Waals surface area contributed by atoms with Gasteiger partial charge in [-0.05, 0) is 6.08 Å². The quantitative estimate of drug-likeness (QED) is 0.568. The van der Waals surface area contributed by atoms with Crippen LogP contribution in [-0.4, -0.2) is 25.8 Å². The Morgan fingerprint density at radius 1 is 1.47 bits per heavy atom. The average molecular weight is 249 g/mol. The van der Waals surface area contributed by atoms with Gasteiger partial charge in [-0.3, -0.25) is 4.79 Å². The molecule has 1 atom stereocenters. The van der Waals surface area contributed by atoms with E-state index in [0.717, 1.165) is 0 Å². The van der Waals surface area contributed by atoms with Gasteiger partial charge in [-0.15, -0.1) is 5.73 Å². The van der Waals surface area contributed by atoms with Crippen LogP contribution in [0, 0.1) is 5.92 Å². The molecule has 0 aromatic heterocycles. The summed E-state index contributed by atoms with van der Waals surface area (Å²) in [7, 11) is 2.77. The molecular formula is C10H10Cl2O3. The number of hydrogen-bond acceptors (Lipinski definition) is 3. The highest BCUT2D eigenvalue weighted by atomic mass is 35.5. The monoisotopic (exact) mass is 248 g/mol. The second kappa shape index (κ2) is 4.52. The van der Waals surface area contributed by atoms with Gasteiger partial charge in [-0.25, -0.2) is 0 Å². The molecule has 15 heavy (non-hydrogen) atoms. The van der Waals surface area contributed by atoms with Crippen molar-refractivity contribution in [2.45, 2.75) is 5.79 Å². The molecule has 1 rings (SSSR count). The lowest BCUT2D eigenvalue weighted by Gasteiger charge is -2.29. The second-order valence-electron chi connectivity index (χ2n) is 2.92. The molecule has 0 aromatic carbocycles. The van der Waals surface area contributed by atoms with E-state index in [0.29, 0.717) is 0 Å². The largest absolute Gasteiger partial charge is 0.348 e. The number of Topliss-reactive ketones (excluding diaryl/α,β-unsaturated/α-hetero) is 1. The van der Waals surface area contributed by atoms with Crippen molar-refractivity contribution in [1.82, 2.24) is 0 Å². The Morgan fingerprint density at radius 2 is 2.00 bits per heavy atom. The highest BCUT2D eigenvalue weighted by molar-refractivity contribution is 6.50. The lowest BCUT2D eigenvalue weighted by Crippen LogP contribution is -2.40. The van der Waals surface area contributed by atoms with Crippen LogP contribution >= 0.6 is 23.2 Å². The van der Waals surface area contributed by atoms with E-state index in [2.05, 4.69) is 12.3 Å². The van der Waals surface area contributed by atoms with E-state index < -0.39 is 11.7 Å². The van der Waals surface area contributed by atoms with Crippen molar-refractivity contribution in [3.8, 4) is 0 Å². The fraction of sp³-hybridized carbons (Fsp3) is 0.400. The maximum atomic E-state index is 11.7. The third-order valence-electron chi connectivity index (χ3n) is 2.30. The summed E-state index contributed by atoms with van der Waals surface area (Å²) in [6, 6.07) is 0. The first-order valence-corrected chi connectivity index (χ1v) is 4.87. The van der Waals surface area contributed by atoms with Crippen LogP contribution in [0.1, 0.15) is 0 Å². The van der Waals surface area contributed by atoms with Gasteiger partial charge in [-0.1, -0.05) is 29.8 Å². The molecule has 0 aromatic rings. The van der Waals surface area contributed by atoms with Crippen LogP contribution in [-0.2, 0) is 14.3 Å². The number of halogens is 2. The summed E-state index contributed by atoms with van der Waals surface area (Å²) >= 11 is 11.7. The number of ether oxygens (including phenoxy) is 2. The molecule has 0 heterocycles. The Hall–Kier alpha value is -0.570. The molecule has 0 bridgehead atoms. The fourth-order valence-electron chi connectivity index (χ4n) is 1.53. The van der Waals surface area contributed by atoms with Gasteiger partial charge < -0.3 is 9.47 Å². The smallest absolute Gasteiger partial charge is 0.221 e. The van der Waals surface area contributed by atoms with Crippen LogP contribution in [0.25, 0.3) is 0 Å². The fourth-order valence-corrected chi connectivity index (χ4v) is 2.14. The predicted molar refractivity (Wildman–Crippen MR) is 57.7 cm³/mol. The Morgan fingerprint density at radius 3 is 2.40 bits per heavy atom. The molecule has 3 nitrogen and oxygen atoms in total. The highest BCUT2D eigenvalue weighted by Gasteiger charge is 2.53. The molecule has 0 N–H and O–H groups in total. The highest BCUT2D eigenvalue weighted by Crippen LogP contribution is 2.45. The Bertz CT molecular complexity index is 363. The van der Waals surface area contributed by atoms with Gasteiger partial charge in [-0.2, -0.15) is 0 Å². The second-order valence-corrected chi connectivity index (χ2v) is 3.67. The van der Waals surface area contributed by atoms with Crippen LogP contribution in [0.2, 0.25) is 0 Å². The normalized spacial score (nSPS) is 24.3. The molecule has 0 amide bonds. The van der Waals surface area contributed by atoms with E-state index in [9.17, 15) is 4.79 Å². The van der Waals surface area contributed by atoms with Gasteiger partial charge >= 0.3 is 0 Å². The summed E-state index contributed by atoms with van der Waals surface area (Å²) in [5.74, 6) is -2.45. The van der Waals surface area contributed by atoms with Gasteiger partial charge in [0.15, 0.2) is 5.78 Å². The minimum Gasteiger partial charge on any atom is -0.348 e. The van der Waals surface area contributed by atoms with Gasteiger partial charge in [0.25, 0.3) is 0 Å². The molecule has 0 saturated heterocycles. The molecule has 0 spiro atoms. The summed E-state index contributed by atoms with van der Waals surface area (Å²) < 4.78 is 10.3. The van der Waals surface area contributed by atoms with Gasteiger partial charge in [0, 0.05) is 14.2 Å². The lowest BCUT2D eigenvalue weighted by molar-refractivity contribution is -0.191. The van der Waals surface area contributed by atoms with Crippen molar-refractivity contribution < 1.29 is 14.3 Å². The molecule has 82 valence electrons. The zero-order valence-corrected chi connectivity index (χ0v) is 9.85. The van der Waals surface area contributed by atoms with Crippen molar-refractivity contribution in [3.63, 3.8) is 0 Å². The first-order valence-electron chi connectivity index (χ1n) is 4.11. The number of carbonyl (C=O) groups excluding carboxylic acids is 1. The number of rotatable bonds is 3. The maximum Gasteiger partial charge on any atom is 0.221 e. The first kappa shape index (κ1) is 12.5. The van der Waals surface area contributed by atoms with Crippen LogP contribution in [0.4, 0.5) is 0 Å². The van der Waals surface area contributed by atoms with E-state index in [1.165, 1.54) is 20.3 Å². The Balaban J connectivity index is 3.32. The van der Waals surface area contributed by atoms with E-state index in [1.807, 2.05) is 0 Å². The topological polar surface area (TPSA) is 35.5 Å². The van der Waals surface area contributed by atoms with Crippen molar-refractivity contribution >= 4 is 29.0 Å². The van der Waals surface area contributed by atoms with E-state index >= 15 is 0 Å². The molecule has 1 aliphatic carbocycles. The number of methoxy groups -OCH3 is 2. The van der Waals surface area contributed by atoms with Crippen molar-refractivity contribution in [2.24, 2.45) is 5.92 Å².